The largest absolute Gasteiger partial charge is 0.416 e. The van der Waals surface area contributed by atoms with Crippen LogP contribution < -0.4 is 0 Å². The molecule has 0 saturated heterocycles. The lowest BCUT2D eigenvalue weighted by molar-refractivity contribution is -0.137. The number of Topliss-reactive ketones (excluding diaryl/α,β-unsaturated/α-hetero) is 1. The van der Waals surface area contributed by atoms with Gasteiger partial charge in [-0.05, 0) is 23.3 Å². The van der Waals surface area contributed by atoms with Gasteiger partial charge in [0.15, 0.2) is 5.78 Å². The first-order valence-electron chi connectivity index (χ1n) is 8.64. The summed E-state index contributed by atoms with van der Waals surface area (Å²) in [7, 11) is 7.02. The van der Waals surface area contributed by atoms with Gasteiger partial charge in [0.05, 0.1) is 5.56 Å². The summed E-state index contributed by atoms with van der Waals surface area (Å²) in [5.41, 5.74) is 0.705. The molecule has 0 fully saturated rings. The van der Waals surface area contributed by atoms with Gasteiger partial charge >= 0.3 is 6.18 Å². The molecule has 0 heterocycles. The van der Waals surface area contributed by atoms with Crippen LogP contribution in [0.2, 0.25) is 0 Å². The number of halogens is 3. The first-order chi connectivity index (χ1) is 13.1. The van der Waals surface area contributed by atoms with E-state index >= 15 is 0 Å². The molecule has 0 radical (unpaired) electrons. The fourth-order valence-electron chi connectivity index (χ4n) is 2.67. The molecule has 0 saturated carbocycles. The van der Waals surface area contributed by atoms with Crippen LogP contribution in [-0.2, 0) is 11.0 Å². The zero-order valence-electron chi connectivity index (χ0n) is 16.3. The molecule has 2 rings (SSSR count). The Balaban J connectivity index is 2.61. The number of hydrogen-bond donors (Lipinski definition) is 0. The number of allylic oxidation sites excluding steroid dienone is 2. The maximum absolute atomic E-state index is 13.4. The van der Waals surface area contributed by atoms with E-state index in [2.05, 4.69) is 0 Å². The first-order valence-corrected chi connectivity index (χ1v) is 8.64. The van der Waals surface area contributed by atoms with Crippen molar-refractivity contribution in [1.82, 2.24) is 9.80 Å². The number of nitrogens with zero attached hydrogens (tertiary/aromatic N) is 2. The summed E-state index contributed by atoms with van der Waals surface area (Å²) in [5.74, 6) is -0.354. The molecule has 0 aliphatic heterocycles. The van der Waals surface area contributed by atoms with Crippen LogP contribution in [0.25, 0.3) is 11.1 Å². The van der Waals surface area contributed by atoms with Crippen molar-refractivity contribution in [3.63, 3.8) is 0 Å². The van der Waals surface area contributed by atoms with E-state index in [0.29, 0.717) is 11.1 Å². The Labute approximate surface area is 163 Å². The third kappa shape index (κ3) is 5.49. The minimum atomic E-state index is -4.48. The highest BCUT2D eigenvalue weighted by atomic mass is 19.4. The molecule has 2 aromatic carbocycles. The van der Waals surface area contributed by atoms with Crippen molar-refractivity contribution in [3.8, 4) is 0 Å². The zero-order chi connectivity index (χ0) is 20.9. The lowest BCUT2D eigenvalue weighted by atomic mass is 9.92. The third-order valence-corrected chi connectivity index (χ3v) is 3.85. The molecule has 148 valence electrons. The van der Waals surface area contributed by atoms with Crippen LogP contribution in [0.15, 0.2) is 67.0 Å². The van der Waals surface area contributed by atoms with Crippen molar-refractivity contribution in [2.24, 2.45) is 0 Å². The van der Waals surface area contributed by atoms with Crippen molar-refractivity contribution in [2.45, 2.75) is 6.18 Å². The second kappa shape index (κ2) is 8.78. The Morgan fingerprint density at radius 3 is 1.79 bits per heavy atom. The fraction of sp³-hybridized carbons (Fsp3) is 0.227. The molecular formula is C22H23F3N2O. The molecule has 2 aromatic rings. The molecule has 6 heteroatoms. The standard InChI is InChI=1S/C22H23F3N2O/c1-26(2)14-19(16-9-6-5-7-10-16)21(28)20(15-27(3)4)17-11-8-12-18(13-17)22(23,24)25/h5-15H,1-4H3/b19-14+,20-15+. The number of ketones is 1. The van der Waals surface area contributed by atoms with Gasteiger partial charge in [-0.25, -0.2) is 0 Å². The molecule has 0 bridgehead atoms. The molecular weight excluding hydrogens is 365 g/mol. The first kappa shape index (κ1) is 21.3. The smallest absolute Gasteiger partial charge is 0.383 e. The molecule has 3 nitrogen and oxygen atoms in total. The maximum atomic E-state index is 13.4. The van der Waals surface area contributed by atoms with Crippen molar-refractivity contribution in [3.05, 3.63) is 83.7 Å². The Hall–Kier alpha value is -3.02. The number of carbonyl (C=O) groups excluding carboxylic acids is 1. The van der Waals surface area contributed by atoms with Crippen molar-refractivity contribution < 1.29 is 18.0 Å². The van der Waals surface area contributed by atoms with E-state index in [4.69, 9.17) is 0 Å². The van der Waals surface area contributed by atoms with Gasteiger partial charge in [-0.2, -0.15) is 13.2 Å². The van der Waals surface area contributed by atoms with Crippen molar-refractivity contribution in [2.75, 3.05) is 28.2 Å². The quantitative estimate of drug-likeness (QED) is 0.666. The minimum absolute atomic E-state index is 0.188. The van der Waals surface area contributed by atoms with E-state index in [-0.39, 0.29) is 16.9 Å². The minimum Gasteiger partial charge on any atom is -0.383 e. The Kier molecular flexibility index (Phi) is 6.67. The Morgan fingerprint density at radius 2 is 1.29 bits per heavy atom. The van der Waals surface area contributed by atoms with Crippen molar-refractivity contribution >= 4 is 16.9 Å². The molecule has 0 aliphatic carbocycles. The summed E-state index contributed by atoms with van der Waals surface area (Å²) < 4.78 is 39.5. The highest BCUT2D eigenvalue weighted by molar-refractivity contribution is 6.42. The van der Waals surface area contributed by atoms with Crippen LogP contribution in [0.3, 0.4) is 0 Å². The fourth-order valence-corrected chi connectivity index (χ4v) is 2.67. The Bertz CT molecular complexity index is 882. The lowest BCUT2D eigenvalue weighted by Gasteiger charge is -2.17. The molecule has 0 aliphatic rings. The normalized spacial score (nSPS) is 12.7. The van der Waals surface area contributed by atoms with Gasteiger partial charge in [-0.3, -0.25) is 4.79 Å². The van der Waals surface area contributed by atoms with Crippen LogP contribution in [0.4, 0.5) is 13.2 Å². The predicted octanol–water partition coefficient (Wildman–Crippen LogP) is 4.78. The summed E-state index contributed by atoms with van der Waals surface area (Å²) in [4.78, 5) is 16.8. The molecule has 0 atom stereocenters. The van der Waals surface area contributed by atoms with Gasteiger partial charge in [-0.15, -0.1) is 0 Å². The highest BCUT2D eigenvalue weighted by Gasteiger charge is 2.31. The monoisotopic (exact) mass is 388 g/mol. The van der Waals surface area contributed by atoms with E-state index in [1.807, 2.05) is 18.2 Å². The second-order valence-electron chi connectivity index (χ2n) is 6.79. The van der Waals surface area contributed by atoms with Gasteiger partial charge in [0.1, 0.15) is 0 Å². The van der Waals surface area contributed by atoms with Crippen LogP contribution in [0.1, 0.15) is 16.7 Å². The number of rotatable bonds is 6. The molecule has 0 aromatic heterocycles. The van der Waals surface area contributed by atoms with Crippen LogP contribution >= 0.6 is 0 Å². The van der Waals surface area contributed by atoms with Gasteiger partial charge in [-0.1, -0.05) is 42.5 Å². The van der Waals surface area contributed by atoms with Crippen LogP contribution in [0, 0.1) is 0 Å². The highest BCUT2D eigenvalue weighted by Crippen LogP contribution is 2.32. The lowest BCUT2D eigenvalue weighted by Crippen LogP contribution is -2.14. The number of benzene rings is 2. The Morgan fingerprint density at radius 1 is 0.786 bits per heavy atom. The van der Waals surface area contributed by atoms with Gasteiger partial charge in [0.25, 0.3) is 0 Å². The zero-order valence-corrected chi connectivity index (χ0v) is 16.3. The summed E-state index contributed by atoms with van der Waals surface area (Å²) in [6.07, 6.45) is -1.26. The predicted molar refractivity (Wildman–Crippen MR) is 106 cm³/mol. The number of carbonyl (C=O) groups is 1. The van der Waals surface area contributed by atoms with Crippen molar-refractivity contribution in [1.29, 1.82) is 0 Å². The molecule has 0 spiro atoms. The molecule has 0 unspecified atom stereocenters. The van der Waals surface area contributed by atoms with Crippen LogP contribution in [0.5, 0.6) is 0 Å². The molecule has 28 heavy (non-hydrogen) atoms. The summed E-state index contributed by atoms with van der Waals surface area (Å²) in [5, 5.41) is 0. The summed E-state index contributed by atoms with van der Waals surface area (Å²) in [6, 6.07) is 13.9. The summed E-state index contributed by atoms with van der Waals surface area (Å²) >= 11 is 0. The third-order valence-electron chi connectivity index (χ3n) is 3.85. The van der Waals surface area contributed by atoms with Gasteiger partial charge < -0.3 is 9.80 Å². The number of hydrogen-bond acceptors (Lipinski definition) is 3. The number of alkyl halides is 3. The molecule has 0 N–H and O–H groups in total. The van der Waals surface area contributed by atoms with Crippen LogP contribution in [-0.4, -0.2) is 43.8 Å². The van der Waals surface area contributed by atoms with E-state index in [9.17, 15) is 18.0 Å². The SMILES string of the molecule is CN(C)/C=C(/C(=O)/C(=C/N(C)C)c1cccc(C(F)(F)F)c1)c1ccccc1. The summed E-state index contributed by atoms with van der Waals surface area (Å²) in [6.45, 7) is 0. The van der Waals surface area contributed by atoms with E-state index < -0.39 is 11.7 Å². The van der Waals surface area contributed by atoms with E-state index in [1.165, 1.54) is 12.1 Å². The maximum Gasteiger partial charge on any atom is 0.416 e. The second-order valence-corrected chi connectivity index (χ2v) is 6.79. The topological polar surface area (TPSA) is 23.6 Å². The average molecular weight is 388 g/mol. The van der Waals surface area contributed by atoms with E-state index in [1.54, 1.807) is 62.5 Å². The van der Waals surface area contributed by atoms with Gasteiger partial charge in [0, 0.05) is 51.7 Å². The average Bonchev–Trinajstić information content (AvgIpc) is 2.63. The molecule has 0 amide bonds. The van der Waals surface area contributed by atoms with E-state index in [0.717, 1.165) is 12.1 Å². The van der Waals surface area contributed by atoms with Gasteiger partial charge in [0.2, 0.25) is 0 Å².